The van der Waals surface area contributed by atoms with Crippen LogP contribution in [0.25, 0.3) is 5.69 Å². The molecule has 0 amide bonds. The summed E-state index contributed by atoms with van der Waals surface area (Å²) in [4.78, 5) is 4.29. The Morgan fingerprint density at radius 3 is 2.47 bits per heavy atom. The lowest BCUT2D eigenvalue weighted by molar-refractivity contribution is 0.521. The fraction of sp³-hybridized carbons (Fsp3) is 0.250. The van der Waals surface area contributed by atoms with Gasteiger partial charge in [-0.15, -0.1) is 0 Å². The molecule has 1 aromatic carbocycles. The second-order valence-corrected chi connectivity index (χ2v) is 6.50. The summed E-state index contributed by atoms with van der Waals surface area (Å²) in [7, 11) is -0.496. The molecule has 0 spiro atoms. The van der Waals surface area contributed by atoms with E-state index in [0.29, 0.717) is 11.4 Å². The molecular weight excluding hydrogens is 264 g/mol. The van der Waals surface area contributed by atoms with E-state index in [4.69, 9.17) is 5.73 Å². The molecule has 0 aliphatic heterocycles. The maximum atomic E-state index is 12.0. The van der Waals surface area contributed by atoms with Gasteiger partial charge < -0.3 is 10.3 Å². The number of aromatic nitrogens is 2. The van der Waals surface area contributed by atoms with Gasteiger partial charge in [-0.2, -0.15) is 0 Å². The molecule has 0 unspecified atom stereocenters. The second-order valence-electron chi connectivity index (χ2n) is 4.35. The maximum Gasteiger partial charge on any atom is 0.242 e. The second kappa shape index (κ2) is 4.67. The van der Waals surface area contributed by atoms with Gasteiger partial charge in [0.05, 0.1) is 16.3 Å². The molecule has 0 saturated carbocycles. The normalized spacial score (nSPS) is 12.0. The van der Waals surface area contributed by atoms with Crippen LogP contribution < -0.4 is 5.73 Å². The minimum atomic E-state index is -3.47. The number of hydrogen-bond acceptors (Lipinski definition) is 4. The highest BCUT2D eigenvalue weighted by Gasteiger charge is 2.18. The molecule has 19 heavy (non-hydrogen) atoms. The summed E-state index contributed by atoms with van der Waals surface area (Å²) in [6.45, 7) is 1.85. The Labute approximate surface area is 112 Å². The predicted octanol–water partition coefficient (Wildman–Crippen LogP) is 1.01. The Balaban J connectivity index is 2.53. The largest absolute Gasteiger partial charge is 0.397 e. The highest BCUT2D eigenvalue weighted by molar-refractivity contribution is 7.89. The van der Waals surface area contributed by atoms with Crippen molar-refractivity contribution in [2.24, 2.45) is 0 Å². The van der Waals surface area contributed by atoms with Crippen molar-refractivity contribution in [3.63, 3.8) is 0 Å². The Hall–Kier alpha value is -1.86. The third-order valence-corrected chi connectivity index (χ3v) is 4.67. The lowest BCUT2D eigenvalue weighted by Gasteiger charge is -2.14. The first-order chi connectivity index (χ1) is 8.84. The molecule has 2 aromatic rings. The SMILES string of the molecule is Cc1nccn1-c1ccc(S(=O)(=O)N(C)C)cc1N. The molecule has 0 radical (unpaired) electrons. The lowest BCUT2D eigenvalue weighted by Crippen LogP contribution is -2.22. The summed E-state index contributed by atoms with van der Waals surface area (Å²) >= 11 is 0. The van der Waals surface area contributed by atoms with E-state index < -0.39 is 10.0 Å². The standard InChI is InChI=1S/C12H16N4O2S/c1-9-14-6-7-16(9)12-5-4-10(8-11(12)13)19(17,18)15(2)3/h4-8H,13H2,1-3H3. The van der Waals surface area contributed by atoms with Crippen LogP contribution in [0.4, 0.5) is 5.69 Å². The number of aryl methyl sites for hydroxylation is 1. The minimum absolute atomic E-state index is 0.177. The van der Waals surface area contributed by atoms with Crippen LogP contribution in [0.2, 0.25) is 0 Å². The summed E-state index contributed by atoms with van der Waals surface area (Å²) in [5.74, 6) is 0.787. The number of rotatable bonds is 3. The van der Waals surface area contributed by atoms with Crippen LogP contribution in [0, 0.1) is 6.92 Å². The van der Waals surface area contributed by atoms with Gasteiger partial charge in [0.15, 0.2) is 0 Å². The molecule has 7 heteroatoms. The van der Waals surface area contributed by atoms with Crippen molar-refractivity contribution in [3.05, 3.63) is 36.4 Å². The fourth-order valence-electron chi connectivity index (χ4n) is 1.76. The smallest absolute Gasteiger partial charge is 0.242 e. The van der Waals surface area contributed by atoms with Crippen LogP contribution in [-0.2, 0) is 10.0 Å². The minimum Gasteiger partial charge on any atom is -0.397 e. The molecule has 102 valence electrons. The van der Waals surface area contributed by atoms with Crippen molar-refractivity contribution in [2.45, 2.75) is 11.8 Å². The van der Waals surface area contributed by atoms with Gasteiger partial charge in [-0.1, -0.05) is 0 Å². The summed E-state index contributed by atoms with van der Waals surface area (Å²) in [6.07, 6.45) is 3.44. The van der Waals surface area contributed by atoms with Crippen LogP contribution in [-0.4, -0.2) is 36.4 Å². The number of imidazole rings is 1. The number of anilines is 1. The molecule has 0 atom stereocenters. The van der Waals surface area contributed by atoms with Gasteiger partial charge in [0.2, 0.25) is 10.0 Å². The quantitative estimate of drug-likeness (QED) is 0.851. The van der Waals surface area contributed by atoms with Crippen LogP contribution >= 0.6 is 0 Å². The number of nitrogens with two attached hydrogens (primary N) is 1. The van der Waals surface area contributed by atoms with Gasteiger partial charge >= 0.3 is 0 Å². The number of hydrogen-bond donors (Lipinski definition) is 1. The zero-order chi connectivity index (χ0) is 14.2. The lowest BCUT2D eigenvalue weighted by atomic mass is 10.2. The summed E-state index contributed by atoms with van der Waals surface area (Å²) < 4.78 is 27.0. The molecule has 2 N–H and O–H groups in total. The molecule has 6 nitrogen and oxygen atoms in total. The number of sulfonamides is 1. The molecule has 0 aliphatic carbocycles. The summed E-state index contributed by atoms with van der Waals surface area (Å²) in [5.41, 5.74) is 7.05. The van der Waals surface area contributed by atoms with Crippen LogP contribution in [0.5, 0.6) is 0 Å². The Morgan fingerprint density at radius 2 is 2.00 bits per heavy atom. The van der Waals surface area contributed by atoms with E-state index in [1.54, 1.807) is 29.1 Å². The molecule has 1 heterocycles. The highest BCUT2D eigenvalue weighted by Crippen LogP contribution is 2.23. The van der Waals surface area contributed by atoms with E-state index in [-0.39, 0.29) is 4.90 Å². The van der Waals surface area contributed by atoms with Crippen molar-refractivity contribution in [1.29, 1.82) is 0 Å². The predicted molar refractivity (Wildman–Crippen MR) is 73.6 cm³/mol. The highest BCUT2D eigenvalue weighted by atomic mass is 32.2. The van der Waals surface area contributed by atoms with Crippen LogP contribution in [0.3, 0.4) is 0 Å². The maximum absolute atomic E-state index is 12.0. The first-order valence-corrected chi connectivity index (χ1v) is 7.10. The number of nitrogen functional groups attached to an aromatic ring is 1. The van der Waals surface area contributed by atoms with Crippen molar-refractivity contribution < 1.29 is 8.42 Å². The third kappa shape index (κ3) is 2.34. The van der Waals surface area contributed by atoms with E-state index >= 15 is 0 Å². The van der Waals surface area contributed by atoms with Gasteiger partial charge in [-0.05, 0) is 25.1 Å². The zero-order valence-corrected chi connectivity index (χ0v) is 11.8. The number of nitrogens with zero attached hydrogens (tertiary/aromatic N) is 3. The van der Waals surface area contributed by atoms with Gasteiger partial charge in [0.1, 0.15) is 5.82 Å². The number of benzene rings is 1. The van der Waals surface area contributed by atoms with Crippen molar-refractivity contribution in [2.75, 3.05) is 19.8 Å². The summed E-state index contributed by atoms with van der Waals surface area (Å²) in [6, 6.07) is 4.69. The van der Waals surface area contributed by atoms with Crippen molar-refractivity contribution >= 4 is 15.7 Å². The van der Waals surface area contributed by atoms with Gasteiger partial charge in [-0.25, -0.2) is 17.7 Å². The monoisotopic (exact) mass is 280 g/mol. The van der Waals surface area contributed by atoms with Gasteiger partial charge in [0.25, 0.3) is 0 Å². The molecule has 0 fully saturated rings. The van der Waals surface area contributed by atoms with Crippen molar-refractivity contribution in [3.8, 4) is 5.69 Å². The molecule has 1 aromatic heterocycles. The van der Waals surface area contributed by atoms with E-state index in [2.05, 4.69) is 4.98 Å². The molecule has 0 aliphatic rings. The zero-order valence-electron chi connectivity index (χ0n) is 11.0. The Bertz CT molecular complexity index is 704. The van der Waals surface area contributed by atoms with Crippen LogP contribution in [0.15, 0.2) is 35.5 Å². The fourth-order valence-corrected chi connectivity index (χ4v) is 2.69. The van der Waals surface area contributed by atoms with Gasteiger partial charge in [-0.3, -0.25) is 0 Å². The van der Waals surface area contributed by atoms with Gasteiger partial charge in [0, 0.05) is 26.5 Å². The Morgan fingerprint density at radius 1 is 1.32 bits per heavy atom. The third-order valence-electron chi connectivity index (χ3n) is 2.86. The molecule has 2 rings (SSSR count). The summed E-state index contributed by atoms with van der Waals surface area (Å²) in [5, 5.41) is 0. The average Bonchev–Trinajstić information content (AvgIpc) is 2.75. The van der Waals surface area contributed by atoms with E-state index in [0.717, 1.165) is 10.1 Å². The van der Waals surface area contributed by atoms with E-state index in [1.807, 2.05) is 6.92 Å². The van der Waals surface area contributed by atoms with E-state index in [9.17, 15) is 8.42 Å². The first kappa shape index (κ1) is 13.6. The van der Waals surface area contributed by atoms with E-state index in [1.165, 1.54) is 20.2 Å². The van der Waals surface area contributed by atoms with Crippen LogP contribution in [0.1, 0.15) is 5.82 Å². The van der Waals surface area contributed by atoms with Crippen molar-refractivity contribution in [1.82, 2.24) is 13.9 Å². The average molecular weight is 280 g/mol. The molecule has 0 bridgehead atoms. The Kier molecular flexibility index (Phi) is 3.34. The molecular formula is C12H16N4O2S. The topological polar surface area (TPSA) is 81.2 Å². The first-order valence-electron chi connectivity index (χ1n) is 5.66. The molecule has 0 saturated heterocycles.